The number of nitrogens with one attached hydrogen (secondary N) is 1. The van der Waals surface area contributed by atoms with Crippen LogP contribution in [-0.2, 0) is 0 Å². The lowest BCUT2D eigenvalue weighted by atomic mass is 10.0. The van der Waals surface area contributed by atoms with Crippen LogP contribution < -0.4 is 16.2 Å². The molecule has 4 rings (SSSR count). The molecule has 0 bridgehead atoms. The fourth-order valence-electron chi connectivity index (χ4n) is 2.61. The summed E-state index contributed by atoms with van der Waals surface area (Å²) in [5.41, 5.74) is 13.0. The summed E-state index contributed by atoms with van der Waals surface area (Å²) in [7, 11) is -2.76. The second-order valence-electron chi connectivity index (χ2n) is 5.25. The van der Waals surface area contributed by atoms with Crippen LogP contribution in [0.5, 0.6) is 5.75 Å². The van der Waals surface area contributed by atoms with E-state index in [0.29, 0.717) is 11.1 Å². The third kappa shape index (κ3) is 2.24. The predicted octanol–water partition coefficient (Wildman–Crippen LogP) is 2.59. The van der Waals surface area contributed by atoms with Crippen molar-refractivity contribution >= 4 is 22.5 Å². The van der Waals surface area contributed by atoms with Gasteiger partial charge in [0.15, 0.2) is 11.4 Å². The number of hydrogen-bond donors (Lipinski definition) is 3. The highest BCUT2D eigenvalue weighted by molar-refractivity contribution is 6.05. The van der Waals surface area contributed by atoms with Crippen molar-refractivity contribution in [1.29, 1.82) is 0 Å². The Hall–Kier alpha value is -3.62. The van der Waals surface area contributed by atoms with Gasteiger partial charge >= 0.3 is 0 Å². The van der Waals surface area contributed by atoms with E-state index in [9.17, 15) is 4.39 Å². The van der Waals surface area contributed by atoms with Crippen LogP contribution in [0.15, 0.2) is 35.2 Å². The molecule has 4 aromatic rings. The molecule has 0 aliphatic carbocycles. The summed E-state index contributed by atoms with van der Waals surface area (Å²) in [5.74, 6) is -0.946. The standard InChI is InChI=1S/C16H13FN6O2/c1-24-12-2-8(10(17)3-11(12)18)14-13-15(25-23-16(13)19)9(6-20-14)7-4-21-22-5-7/h2-6H,18H2,1H3,(H2,19,23)(H,21,22)/i1D3. The summed E-state index contributed by atoms with van der Waals surface area (Å²) >= 11 is 0. The van der Waals surface area contributed by atoms with Crippen LogP contribution in [0.2, 0.25) is 0 Å². The minimum Gasteiger partial charge on any atom is -0.495 e. The number of halogens is 1. The highest BCUT2D eigenvalue weighted by Gasteiger charge is 2.21. The largest absolute Gasteiger partial charge is 0.495 e. The molecule has 126 valence electrons. The number of nitrogens with zero attached hydrogens (tertiary/aromatic N) is 3. The van der Waals surface area contributed by atoms with E-state index in [1.54, 1.807) is 12.4 Å². The number of nitrogen functional groups attached to an aromatic ring is 2. The van der Waals surface area contributed by atoms with Gasteiger partial charge in [-0.05, 0) is 6.07 Å². The Balaban J connectivity index is 1.94. The number of pyridine rings is 1. The van der Waals surface area contributed by atoms with Crippen molar-refractivity contribution in [2.75, 3.05) is 18.5 Å². The smallest absolute Gasteiger partial charge is 0.180 e. The lowest BCUT2D eigenvalue weighted by Crippen LogP contribution is -1.98. The van der Waals surface area contributed by atoms with Gasteiger partial charge in [0.25, 0.3) is 0 Å². The average Bonchev–Trinajstić information content (AvgIpc) is 3.26. The first kappa shape index (κ1) is 11.8. The fourth-order valence-corrected chi connectivity index (χ4v) is 2.61. The van der Waals surface area contributed by atoms with Crippen molar-refractivity contribution in [2.45, 2.75) is 0 Å². The van der Waals surface area contributed by atoms with Crippen molar-refractivity contribution in [3.63, 3.8) is 0 Å². The van der Waals surface area contributed by atoms with Crippen LogP contribution in [0.1, 0.15) is 4.11 Å². The average molecular weight is 343 g/mol. The minimum atomic E-state index is -2.76. The number of hydrogen-bond acceptors (Lipinski definition) is 7. The van der Waals surface area contributed by atoms with Gasteiger partial charge in [-0.25, -0.2) is 4.39 Å². The molecule has 0 unspecified atom stereocenters. The number of methoxy groups -OCH3 is 1. The molecule has 0 aliphatic heterocycles. The second-order valence-corrected chi connectivity index (χ2v) is 5.25. The second kappa shape index (κ2) is 5.48. The molecule has 1 aromatic carbocycles. The zero-order valence-electron chi connectivity index (χ0n) is 15.6. The fraction of sp³-hybridized carbons (Fsp3) is 0.0625. The van der Waals surface area contributed by atoms with E-state index in [1.807, 2.05) is 0 Å². The molecule has 0 saturated carbocycles. The number of benzene rings is 1. The highest BCUT2D eigenvalue weighted by atomic mass is 19.1. The van der Waals surface area contributed by atoms with Gasteiger partial charge < -0.3 is 20.7 Å². The highest BCUT2D eigenvalue weighted by Crippen LogP contribution is 2.39. The molecule has 8 nitrogen and oxygen atoms in total. The minimum absolute atomic E-state index is 0.00244. The number of ether oxygens (including phenoxy) is 1. The maximum absolute atomic E-state index is 14.7. The van der Waals surface area contributed by atoms with Crippen LogP contribution in [0, 0.1) is 5.82 Å². The lowest BCUT2D eigenvalue weighted by molar-refractivity contribution is 0.416. The summed E-state index contributed by atoms with van der Waals surface area (Å²) in [5, 5.41) is 10.6. The Bertz CT molecular complexity index is 1170. The number of aromatic amines is 1. The van der Waals surface area contributed by atoms with Crippen molar-refractivity contribution in [2.24, 2.45) is 0 Å². The summed E-state index contributed by atoms with van der Waals surface area (Å²) < 4.78 is 46.5. The number of H-pyrrole nitrogens is 1. The molecular formula is C16H13FN6O2. The van der Waals surface area contributed by atoms with E-state index < -0.39 is 12.9 Å². The number of anilines is 2. The molecule has 0 aliphatic rings. The van der Waals surface area contributed by atoms with E-state index in [2.05, 4.69) is 20.3 Å². The first-order valence-electron chi connectivity index (χ1n) is 8.56. The molecule has 0 spiro atoms. The summed E-state index contributed by atoms with van der Waals surface area (Å²) in [4.78, 5) is 4.30. The van der Waals surface area contributed by atoms with E-state index in [0.717, 1.165) is 12.1 Å². The number of fused-ring (bicyclic) bond motifs is 1. The molecule has 0 radical (unpaired) electrons. The van der Waals surface area contributed by atoms with Crippen molar-refractivity contribution in [3.8, 4) is 28.1 Å². The zero-order valence-corrected chi connectivity index (χ0v) is 12.6. The molecule has 0 amide bonds. The summed E-state index contributed by atoms with van der Waals surface area (Å²) in [6, 6.07) is 2.11. The van der Waals surface area contributed by atoms with Gasteiger partial charge in [0.1, 0.15) is 11.6 Å². The first-order valence-corrected chi connectivity index (χ1v) is 7.06. The Morgan fingerprint density at radius 3 is 2.92 bits per heavy atom. The zero-order chi connectivity index (χ0) is 20.1. The monoisotopic (exact) mass is 343 g/mol. The van der Waals surface area contributed by atoms with Gasteiger partial charge in [0.2, 0.25) is 0 Å². The van der Waals surface area contributed by atoms with Crippen LogP contribution in [0.3, 0.4) is 0 Å². The molecule has 0 atom stereocenters. The summed E-state index contributed by atoms with van der Waals surface area (Å²) in [6.07, 6.45) is 4.63. The normalized spacial score (nSPS) is 13.4. The quantitative estimate of drug-likeness (QED) is 0.488. The van der Waals surface area contributed by atoms with Gasteiger partial charge in [-0.2, -0.15) is 5.10 Å². The number of aromatic nitrogens is 4. The first-order chi connectivity index (χ1) is 13.2. The lowest BCUT2D eigenvalue weighted by Gasteiger charge is -2.10. The van der Waals surface area contributed by atoms with Crippen molar-refractivity contribution in [3.05, 3.63) is 36.5 Å². The van der Waals surface area contributed by atoms with Crippen LogP contribution in [0.25, 0.3) is 33.4 Å². The van der Waals surface area contributed by atoms with E-state index in [1.165, 1.54) is 6.20 Å². The van der Waals surface area contributed by atoms with Gasteiger partial charge in [-0.1, -0.05) is 5.16 Å². The predicted molar refractivity (Wildman–Crippen MR) is 90.2 cm³/mol. The summed E-state index contributed by atoms with van der Waals surface area (Å²) in [6.45, 7) is 0. The van der Waals surface area contributed by atoms with Gasteiger partial charge in [0, 0.05) is 35.2 Å². The van der Waals surface area contributed by atoms with E-state index in [-0.39, 0.29) is 39.5 Å². The molecule has 9 heteroatoms. The molecule has 0 fully saturated rings. The van der Waals surface area contributed by atoms with Gasteiger partial charge in [-0.15, -0.1) is 0 Å². The Morgan fingerprint density at radius 2 is 2.16 bits per heavy atom. The van der Waals surface area contributed by atoms with Crippen LogP contribution >= 0.6 is 0 Å². The molecule has 25 heavy (non-hydrogen) atoms. The van der Waals surface area contributed by atoms with Crippen LogP contribution in [-0.4, -0.2) is 27.4 Å². The van der Waals surface area contributed by atoms with E-state index >= 15 is 0 Å². The Labute approximate surface area is 144 Å². The topological polar surface area (TPSA) is 129 Å². The number of rotatable bonds is 3. The van der Waals surface area contributed by atoms with E-state index in [4.69, 9.17) is 24.8 Å². The molecular weight excluding hydrogens is 327 g/mol. The Kier molecular flexibility index (Phi) is 2.60. The molecule has 0 saturated heterocycles. The van der Waals surface area contributed by atoms with Crippen molar-refractivity contribution < 1.29 is 17.8 Å². The Morgan fingerprint density at radius 1 is 1.28 bits per heavy atom. The third-order valence-electron chi connectivity index (χ3n) is 3.80. The third-order valence-corrected chi connectivity index (χ3v) is 3.80. The maximum atomic E-state index is 14.7. The number of nitrogens with two attached hydrogens (primary N) is 2. The molecule has 5 N–H and O–H groups in total. The van der Waals surface area contributed by atoms with Crippen molar-refractivity contribution in [1.82, 2.24) is 20.3 Å². The van der Waals surface area contributed by atoms with Crippen LogP contribution in [0.4, 0.5) is 15.9 Å². The van der Waals surface area contributed by atoms with Gasteiger partial charge in [-0.3, -0.25) is 10.1 Å². The maximum Gasteiger partial charge on any atom is 0.180 e. The molecule has 3 heterocycles. The SMILES string of the molecule is [2H]C([2H])([2H])Oc1cc(-c2ncc(-c3cn[nH]c3)c3onc(N)c23)c(F)cc1N. The van der Waals surface area contributed by atoms with Gasteiger partial charge in [0.05, 0.1) is 34.1 Å². The molecule has 3 aromatic heterocycles.